The smallest absolute Gasteiger partial charge is 0.422 e. The third kappa shape index (κ3) is 7.66. The SMILES string of the molecule is CN=C(NCc1ccc(C)cc1OCC(F)(F)F)NCC1CCCN(C)C1. The highest BCUT2D eigenvalue weighted by molar-refractivity contribution is 5.79. The van der Waals surface area contributed by atoms with Crippen LogP contribution in [-0.2, 0) is 6.54 Å². The largest absolute Gasteiger partial charge is 0.484 e. The van der Waals surface area contributed by atoms with Crippen molar-refractivity contribution in [2.75, 3.05) is 40.3 Å². The maximum Gasteiger partial charge on any atom is 0.422 e. The molecule has 1 aliphatic heterocycles. The van der Waals surface area contributed by atoms with Crippen LogP contribution in [0.1, 0.15) is 24.0 Å². The number of benzene rings is 1. The lowest BCUT2D eigenvalue weighted by Gasteiger charge is -2.30. The molecule has 1 aromatic carbocycles. The van der Waals surface area contributed by atoms with Crippen molar-refractivity contribution in [2.24, 2.45) is 10.9 Å². The molecule has 2 N–H and O–H groups in total. The molecule has 1 saturated heterocycles. The number of piperidine rings is 1. The van der Waals surface area contributed by atoms with Crippen molar-refractivity contribution in [2.45, 2.75) is 32.5 Å². The van der Waals surface area contributed by atoms with Crippen LogP contribution in [0.2, 0.25) is 0 Å². The van der Waals surface area contributed by atoms with Crippen LogP contribution in [0, 0.1) is 12.8 Å². The summed E-state index contributed by atoms with van der Waals surface area (Å²) < 4.78 is 42.4. The van der Waals surface area contributed by atoms with Gasteiger partial charge in [-0.15, -0.1) is 0 Å². The fourth-order valence-electron chi connectivity index (χ4n) is 3.18. The first-order chi connectivity index (χ1) is 12.8. The lowest BCUT2D eigenvalue weighted by atomic mass is 9.99. The van der Waals surface area contributed by atoms with Crippen molar-refractivity contribution in [1.29, 1.82) is 0 Å². The van der Waals surface area contributed by atoms with Gasteiger partial charge in [0.2, 0.25) is 0 Å². The van der Waals surface area contributed by atoms with Gasteiger partial charge in [-0.05, 0) is 50.9 Å². The number of aliphatic imine (C=N–C) groups is 1. The summed E-state index contributed by atoms with van der Waals surface area (Å²) in [5.41, 5.74) is 1.50. The van der Waals surface area contributed by atoms with Gasteiger partial charge in [0.15, 0.2) is 12.6 Å². The molecule has 1 unspecified atom stereocenters. The van der Waals surface area contributed by atoms with Crippen molar-refractivity contribution in [3.8, 4) is 5.75 Å². The Bertz CT molecular complexity index is 634. The molecule has 1 fully saturated rings. The van der Waals surface area contributed by atoms with Crippen molar-refractivity contribution in [1.82, 2.24) is 15.5 Å². The Morgan fingerprint density at radius 3 is 2.78 bits per heavy atom. The Balaban J connectivity index is 1.89. The minimum atomic E-state index is -4.36. The second-order valence-electron chi connectivity index (χ2n) is 7.09. The van der Waals surface area contributed by atoms with Crippen LogP contribution >= 0.6 is 0 Å². The normalized spacial score (nSPS) is 19.0. The summed E-state index contributed by atoms with van der Waals surface area (Å²) in [6.07, 6.45) is -1.99. The van der Waals surface area contributed by atoms with E-state index in [0.29, 0.717) is 24.0 Å². The van der Waals surface area contributed by atoms with Gasteiger partial charge in [-0.3, -0.25) is 4.99 Å². The highest BCUT2D eigenvalue weighted by atomic mass is 19.4. The van der Waals surface area contributed by atoms with E-state index >= 15 is 0 Å². The first-order valence-corrected chi connectivity index (χ1v) is 9.19. The molecule has 8 heteroatoms. The fourth-order valence-corrected chi connectivity index (χ4v) is 3.18. The number of aryl methyl sites for hydroxylation is 1. The van der Waals surface area contributed by atoms with Crippen molar-refractivity contribution in [3.05, 3.63) is 29.3 Å². The Kier molecular flexibility index (Phi) is 7.77. The van der Waals surface area contributed by atoms with E-state index in [1.165, 1.54) is 12.8 Å². The molecule has 152 valence electrons. The number of halogens is 3. The molecule has 1 aromatic rings. The fraction of sp³-hybridized carbons (Fsp3) is 0.632. The summed E-state index contributed by atoms with van der Waals surface area (Å²) >= 11 is 0. The summed E-state index contributed by atoms with van der Waals surface area (Å²) in [4.78, 5) is 6.52. The van der Waals surface area contributed by atoms with Crippen LogP contribution in [0.3, 0.4) is 0 Å². The molecular weight excluding hydrogens is 357 g/mol. The number of hydrogen-bond acceptors (Lipinski definition) is 3. The number of rotatable bonds is 6. The molecule has 1 aliphatic rings. The summed E-state index contributed by atoms with van der Waals surface area (Å²) in [6.45, 7) is 3.85. The van der Waals surface area contributed by atoms with E-state index in [-0.39, 0.29) is 5.75 Å². The lowest BCUT2D eigenvalue weighted by Crippen LogP contribution is -2.43. The van der Waals surface area contributed by atoms with Gasteiger partial charge in [0.1, 0.15) is 5.75 Å². The molecule has 0 radical (unpaired) electrons. The molecule has 5 nitrogen and oxygen atoms in total. The van der Waals surface area contributed by atoms with Crippen LogP contribution in [0.15, 0.2) is 23.2 Å². The molecule has 1 heterocycles. The van der Waals surface area contributed by atoms with Gasteiger partial charge < -0.3 is 20.3 Å². The molecule has 0 aliphatic carbocycles. The van der Waals surface area contributed by atoms with Crippen LogP contribution in [0.5, 0.6) is 5.75 Å². The molecule has 0 saturated carbocycles. The number of hydrogen-bond donors (Lipinski definition) is 2. The number of ether oxygens (including phenoxy) is 1. The van der Waals surface area contributed by atoms with E-state index in [4.69, 9.17) is 4.74 Å². The number of guanidine groups is 1. The average molecular weight is 386 g/mol. The molecular formula is C19H29F3N4O. The summed E-state index contributed by atoms with van der Waals surface area (Å²) in [6, 6.07) is 5.25. The zero-order valence-electron chi connectivity index (χ0n) is 16.2. The van der Waals surface area contributed by atoms with Crippen molar-refractivity contribution < 1.29 is 17.9 Å². The standard InChI is InChI=1S/C19H29F3N4O/c1-14-6-7-16(17(9-14)27-13-19(20,21)22)11-25-18(23-2)24-10-15-5-4-8-26(3)12-15/h6-7,9,15H,4-5,8,10-13H2,1-3H3,(H2,23,24,25). The van der Waals surface area contributed by atoms with Gasteiger partial charge in [0.25, 0.3) is 0 Å². The Morgan fingerprint density at radius 2 is 2.11 bits per heavy atom. The van der Waals surface area contributed by atoms with E-state index in [2.05, 4.69) is 27.6 Å². The predicted octanol–water partition coefficient (Wildman–Crippen LogP) is 2.94. The van der Waals surface area contributed by atoms with Crippen LogP contribution in [0.25, 0.3) is 0 Å². The predicted molar refractivity (Wildman–Crippen MR) is 101 cm³/mol. The van der Waals surface area contributed by atoms with Gasteiger partial charge >= 0.3 is 6.18 Å². The van der Waals surface area contributed by atoms with E-state index in [1.54, 1.807) is 19.2 Å². The second-order valence-corrected chi connectivity index (χ2v) is 7.09. The molecule has 0 bridgehead atoms. The van der Waals surface area contributed by atoms with Crippen molar-refractivity contribution >= 4 is 5.96 Å². The highest BCUT2D eigenvalue weighted by Gasteiger charge is 2.28. The van der Waals surface area contributed by atoms with Crippen LogP contribution in [-0.4, -0.2) is 57.4 Å². The van der Waals surface area contributed by atoms with E-state index < -0.39 is 12.8 Å². The Labute approximate surface area is 159 Å². The molecule has 27 heavy (non-hydrogen) atoms. The first kappa shape index (κ1) is 21.3. The quantitative estimate of drug-likeness (QED) is 0.583. The molecule has 0 amide bonds. The summed E-state index contributed by atoms with van der Waals surface area (Å²) in [7, 11) is 3.80. The first-order valence-electron chi connectivity index (χ1n) is 9.19. The van der Waals surface area contributed by atoms with Crippen LogP contribution < -0.4 is 15.4 Å². The van der Waals surface area contributed by atoms with E-state index in [0.717, 1.165) is 25.2 Å². The topological polar surface area (TPSA) is 48.9 Å². The minimum absolute atomic E-state index is 0.240. The minimum Gasteiger partial charge on any atom is -0.484 e. The van der Waals surface area contributed by atoms with Gasteiger partial charge in [-0.1, -0.05) is 12.1 Å². The Morgan fingerprint density at radius 1 is 1.33 bits per heavy atom. The molecule has 2 rings (SSSR count). The monoisotopic (exact) mass is 386 g/mol. The summed E-state index contributed by atoms with van der Waals surface area (Å²) in [5, 5.41) is 6.47. The number of nitrogens with one attached hydrogen (secondary N) is 2. The zero-order valence-corrected chi connectivity index (χ0v) is 16.2. The second kappa shape index (κ2) is 9.82. The van der Waals surface area contributed by atoms with Gasteiger partial charge in [-0.25, -0.2) is 0 Å². The maximum absolute atomic E-state index is 12.5. The van der Waals surface area contributed by atoms with Crippen molar-refractivity contribution in [3.63, 3.8) is 0 Å². The number of likely N-dealkylation sites (tertiary alicyclic amines) is 1. The van der Waals surface area contributed by atoms with Gasteiger partial charge in [-0.2, -0.15) is 13.2 Å². The van der Waals surface area contributed by atoms with Crippen LogP contribution in [0.4, 0.5) is 13.2 Å². The molecule has 1 atom stereocenters. The number of nitrogens with zero attached hydrogens (tertiary/aromatic N) is 2. The third-order valence-corrected chi connectivity index (χ3v) is 4.56. The third-order valence-electron chi connectivity index (χ3n) is 4.56. The highest BCUT2D eigenvalue weighted by Crippen LogP contribution is 2.23. The average Bonchev–Trinajstić information content (AvgIpc) is 2.60. The maximum atomic E-state index is 12.5. The number of alkyl halides is 3. The van der Waals surface area contributed by atoms with Gasteiger partial charge in [0.05, 0.1) is 0 Å². The molecule has 0 aromatic heterocycles. The zero-order chi connectivity index (χ0) is 19.9. The summed E-state index contributed by atoms with van der Waals surface area (Å²) in [5.74, 6) is 1.43. The van der Waals surface area contributed by atoms with Gasteiger partial charge in [0, 0.05) is 32.2 Å². The lowest BCUT2D eigenvalue weighted by molar-refractivity contribution is -0.153. The molecule has 0 spiro atoms. The Hall–Kier alpha value is -1.96. The van der Waals surface area contributed by atoms with E-state index in [1.807, 2.05) is 13.0 Å². The van der Waals surface area contributed by atoms with E-state index in [9.17, 15) is 13.2 Å².